The van der Waals surface area contributed by atoms with E-state index in [4.69, 9.17) is 42.3 Å². The maximum absolute atomic E-state index is 13.2. The number of aliphatic hydroxyl groups is 1. The molecule has 2 fully saturated rings. The number of hydrogen-bond acceptors (Lipinski definition) is 11. The van der Waals surface area contributed by atoms with Crippen LogP contribution in [0.5, 0.6) is 0 Å². The van der Waals surface area contributed by atoms with E-state index in [-0.39, 0.29) is 67.1 Å². The average molecular weight is 992 g/mol. The van der Waals surface area contributed by atoms with E-state index in [0.29, 0.717) is 43.5 Å². The lowest BCUT2D eigenvalue weighted by Gasteiger charge is -2.50. The number of fused-ring (bicyclic) bond motifs is 1. The predicted molar refractivity (Wildman–Crippen MR) is 278 cm³/mol. The van der Waals surface area contributed by atoms with Crippen LogP contribution < -0.4 is 0 Å². The number of carbonyl (C=O) groups excluding carboxylic acids is 1. The zero-order valence-corrected chi connectivity index (χ0v) is 48.1. The Hall–Kier alpha value is -1.54. The molecule has 12 atom stereocenters. The summed E-state index contributed by atoms with van der Waals surface area (Å²) < 4.78 is 57.5. The molecule has 11 nitrogen and oxygen atoms in total. The van der Waals surface area contributed by atoms with Crippen molar-refractivity contribution in [1.29, 1.82) is 0 Å². The first kappa shape index (κ1) is 58.0. The van der Waals surface area contributed by atoms with E-state index in [0.717, 1.165) is 30.5 Å². The fourth-order valence-electron chi connectivity index (χ4n) is 9.20. The first-order valence-electron chi connectivity index (χ1n) is 25.4. The summed E-state index contributed by atoms with van der Waals surface area (Å²) in [6.07, 6.45) is 15.7. The Balaban J connectivity index is 1.60. The molecule has 1 N–H and O–H groups in total. The van der Waals surface area contributed by atoms with Gasteiger partial charge in [0.05, 0.1) is 49.8 Å². The molecule has 4 aliphatic rings. The fourth-order valence-corrected chi connectivity index (χ4v) is 12.1. The average Bonchev–Trinajstić information content (AvgIpc) is 3.56. The molecular weight excluding hydrogens is 897 g/mol. The summed E-state index contributed by atoms with van der Waals surface area (Å²) in [5, 5.41) is 12.6. The lowest BCUT2D eigenvalue weighted by Crippen LogP contribution is -2.55. The first-order valence-corrected chi connectivity index (χ1v) is 35.7. The van der Waals surface area contributed by atoms with Crippen LogP contribution in [0.1, 0.15) is 88.0 Å². The molecule has 0 saturated carbocycles. The molecule has 1 spiro atoms. The van der Waals surface area contributed by atoms with Crippen molar-refractivity contribution in [3.63, 3.8) is 0 Å². The van der Waals surface area contributed by atoms with E-state index in [1.54, 1.807) is 6.08 Å². The van der Waals surface area contributed by atoms with Gasteiger partial charge in [0.1, 0.15) is 25.3 Å². The SMILES string of the molecule is CC[C@H](C)[C@H]1O[C@]2(C=C[C@@H]1C)C[C@@H](O[Si](C)(C)C(C)(C)C)C[C@@H](C/C=C(\C)[C@@H](OCOCC[Si](C)(C)C)[C@@H](C)/C=C/C=C1\CO[C@@H]3[C@H](OCOCC[Si](C)(C)C)[C@@H](C)C=C(C(=O)OC)[C@]13O)O2. The van der Waals surface area contributed by atoms with Gasteiger partial charge in [0.2, 0.25) is 0 Å². The highest BCUT2D eigenvalue weighted by Crippen LogP contribution is 2.47. The molecule has 0 unspecified atom stereocenters. The lowest BCUT2D eigenvalue weighted by molar-refractivity contribution is -0.297. The standard InChI is InChI=1S/C53H94O11Si3/c1-19-37(2)47-40(5)25-26-52(63-47)33-44(64-67(17,18)51(7,8)9)32-43(62-52)24-23-39(4)46(60-35-57-27-29-65(11,12)13)38(3)21-20-22-42-34-59-49-48(61-36-58-28-30-66(14,15)16)41(6)31-45(50(54)56-10)53(42,49)55/h20-23,25-26,31,37-38,40-41,43-44,46-49,55H,19,24,27-30,32-36H2,1-18H3/b21-20+,39-23+,42-22+/t37-,38-,40-,41-,43+,44-,46-,47+,48+,49+,52+,53+/m0/s1. The van der Waals surface area contributed by atoms with Crippen molar-refractivity contribution in [2.75, 3.05) is 40.5 Å². The summed E-state index contributed by atoms with van der Waals surface area (Å²) in [4.78, 5) is 13.2. The molecule has 4 rings (SSSR count). The zero-order chi connectivity index (χ0) is 50.2. The second kappa shape index (κ2) is 24.3. The highest BCUT2D eigenvalue weighted by molar-refractivity contribution is 6.76. The van der Waals surface area contributed by atoms with E-state index in [9.17, 15) is 9.90 Å². The summed E-state index contributed by atoms with van der Waals surface area (Å²) in [6, 6.07) is 2.07. The van der Waals surface area contributed by atoms with Gasteiger partial charge in [0, 0.05) is 53.5 Å². The zero-order valence-electron chi connectivity index (χ0n) is 45.1. The molecule has 0 bridgehead atoms. The molecule has 0 radical (unpaired) electrons. The van der Waals surface area contributed by atoms with Crippen LogP contribution >= 0.6 is 0 Å². The summed E-state index contributed by atoms with van der Waals surface area (Å²) in [6.45, 7) is 40.1. The van der Waals surface area contributed by atoms with Crippen LogP contribution in [0, 0.1) is 23.7 Å². The van der Waals surface area contributed by atoms with Crippen LogP contribution in [0.15, 0.2) is 59.3 Å². The van der Waals surface area contributed by atoms with Crippen LogP contribution in [-0.2, 0) is 47.1 Å². The van der Waals surface area contributed by atoms with Gasteiger partial charge < -0.3 is 47.4 Å². The maximum atomic E-state index is 13.2. The highest BCUT2D eigenvalue weighted by Gasteiger charge is 2.59. The summed E-state index contributed by atoms with van der Waals surface area (Å²) >= 11 is 0. The number of hydrogen-bond donors (Lipinski definition) is 1. The summed E-state index contributed by atoms with van der Waals surface area (Å²) in [5.74, 6) is -1.07. The molecule has 0 amide bonds. The molecule has 3 aliphatic heterocycles. The smallest absolute Gasteiger partial charge is 0.336 e. The van der Waals surface area contributed by atoms with Gasteiger partial charge in [-0.15, -0.1) is 0 Å². The molecule has 14 heteroatoms. The third-order valence-corrected chi connectivity index (χ3v) is 22.7. The number of methoxy groups -OCH3 is 1. The lowest BCUT2D eigenvalue weighted by atomic mass is 9.72. The minimum Gasteiger partial charge on any atom is -0.466 e. The minimum absolute atomic E-state index is 0.00318. The second-order valence-electron chi connectivity index (χ2n) is 24.1. The van der Waals surface area contributed by atoms with Crippen molar-refractivity contribution in [2.45, 2.75) is 206 Å². The molecule has 0 aromatic rings. The van der Waals surface area contributed by atoms with Crippen molar-refractivity contribution in [2.24, 2.45) is 23.7 Å². The maximum Gasteiger partial charge on any atom is 0.336 e. The van der Waals surface area contributed by atoms with Crippen molar-refractivity contribution in [3.8, 4) is 0 Å². The third kappa shape index (κ3) is 16.0. The molecular formula is C53H94O11Si3. The number of esters is 1. The second-order valence-corrected chi connectivity index (χ2v) is 40.1. The summed E-state index contributed by atoms with van der Waals surface area (Å²) in [5.41, 5.74) is 0.0516. The van der Waals surface area contributed by atoms with Crippen LogP contribution in [0.25, 0.3) is 0 Å². The Bertz CT molecular complexity index is 1760. The normalized spacial score (nSPS) is 31.9. The van der Waals surface area contributed by atoms with Crippen LogP contribution in [0.3, 0.4) is 0 Å². The third-order valence-electron chi connectivity index (χ3n) is 14.8. The van der Waals surface area contributed by atoms with E-state index < -0.39 is 54.0 Å². The molecule has 2 saturated heterocycles. The monoisotopic (exact) mass is 991 g/mol. The van der Waals surface area contributed by atoms with E-state index in [2.05, 4.69) is 132 Å². The quantitative estimate of drug-likeness (QED) is 0.0346. The van der Waals surface area contributed by atoms with Gasteiger partial charge in [-0.25, -0.2) is 4.79 Å². The molecule has 0 aromatic heterocycles. The van der Waals surface area contributed by atoms with Crippen molar-refractivity contribution in [1.82, 2.24) is 0 Å². The van der Waals surface area contributed by atoms with E-state index in [1.165, 1.54) is 7.11 Å². The van der Waals surface area contributed by atoms with Gasteiger partial charge in [-0.05, 0) is 73.1 Å². The molecule has 3 heterocycles. The Kier molecular flexibility index (Phi) is 21.0. The van der Waals surface area contributed by atoms with Crippen LogP contribution in [0.2, 0.25) is 69.5 Å². The highest BCUT2D eigenvalue weighted by atomic mass is 28.4. The first-order chi connectivity index (χ1) is 31.1. The van der Waals surface area contributed by atoms with Crippen molar-refractivity contribution >= 4 is 30.4 Å². The van der Waals surface area contributed by atoms with Crippen molar-refractivity contribution in [3.05, 3.63) is 59.3 Å². The van der Waals surface area contributed by atoms with Gasteiger partial charge in [0.25, 0.3) is 0 Å². The molecule has 384 valence electrons. The van der Waals surface area contributed by atoms with Gasteiger partial charge in [-0.1, -0.05) is 138 Å². The Morgan fingerprint density at radius 3 is 2.21 bits per heavy atom. The number of ether oxygens (including phenoxy) is 8. The fraction of sp³-hybridized carbons (Fsp3) is 0.792. The van der Waals surface area contributed by atoms with Crippen molar-refractivity contribution < 1.29 is 52.2 Å². The van der Waals surface area contributed by atoms with E-state index in [1.807, 2.05) is 19.1 Å². The summed E-state index contributed by atoms with van der Waals surface area (Å²) in [7, 11) is -3.32. The Labute approximate surface area is 409 Å². The number of carbonyl (C=O) groups is 1. The predicted octanol–water partition coefficient (Wildman–Crippen LogP) is 11.6. The molecule has 1 aliphatic carbocycles. The number of allylic oxidation sites excluding steroid dienone is 2. The van der Waals surface area contributed by atoms with Crippen LogP contribution in [-0.4, -0.2) is 124 Å². The molecule has 0 aromatic carbocycles. The Morgan fingerprint density at radius 1 is 0.970 bits per heavy atom. The van der Waals surface area contributed by atoms with Gasteiger partial charge in [-0.2, -0.15) is 0 Å². The van der Waals surface area contributed by atoms with Gasteiger partial charge in [-0.3, -0.25) is 0 Å². The minimum atomic E-state index is -2.10. The van der Waals surface area contributed by atoms with Gasteiger partial charge in [0.15, 0.2) is 14.1 Å². The topological polar surface area (TPSA) is 120 Å². The van der Waals surface area contributed by atoms with Gasteiger partial charge >= 0.3 is 5.97 Å². The largest absolute Gasteiger partial charge is 0.466 e. The van der Waals surface area contributed by atoms with E-state index >= 15 is 0 Å². The molecule has 67 heavy (non-hydrogen) atoms. The Morgan fingerprint density at radius 2 is 1.61 bits per heavy atom. The van der Waals surface area contributed by atoms with Crippen LogP contribution in [0.4, 0.5) is 0 Å². The number of rotatable bonds is 23.